The van der Waals surface area contributed by atoms with Gasteiger partial charge in [0.05, 0.1) is 12.7 Å². The number of benzene rings is 1. The summed E-state index contributed by atoms with van der Waals surface area (Å²) in [5.74, 6) is -0.0272. The molecule has 1 aromatic carbocycles. The van der Waals surface area contributed by atoms with Crippen molar-refractivity contribution in [2.75, 3.05) is 25.5 Å². The number of likely N-dealkylation sites (tertiary alicyclic amines) is 1. The van der Waals surface area contributed by atoms with Crippen molar-refractivity contribution in [1.29, 1.82) is 0 Å². The molecule has 0 aliphatic carbocycles. The maximum atomic E-state index is 14.3. The number of rotatable bonds is 4. The lowest BCUT2D eigenvalue weighted by molar-refractivity contribution is 0.0600. The molecule has 1 fully saturated rings. The summed E-state index contributed by atoms with van der Waals surface area (Å²) in [6.07, 6.45) is 2.17. The molecule has 1 N–H and O–H groups in total. The molecule has 7 nitrogen and oxygen atoms in total. The zero-order valence-electron chi connectivity index (χ0n) is 15.2. The summed E-state index contributed by atoms with van der Waals surface area (Å²) < 4.78 is 22.9. The summed E-state index contributed by atoms with van der Waals surface area (Å²) in [7, 11) is 1.27. The van der Waals surface area contributed by atoms with Gasteiger partial charge in [0.15, 0.2) is 0 Å². The number of hydrogen-bond donors (Lipinski definition) is 1. The van der Waals surface area contributed by atoms with Crippen LogP contribution in [0.3, 0.4) is 0 Å². The Hall–Kier alpha value is -2.55. The number of halogens is 1. The van der Waals surface area contributed by atoms with Gasteiger partial charge in [-0.3, -0.25) is 5.32 Å². The van der Waals surface area contributed by atoms with Gasteiger partial charge < -0.3 is 9.64 Å². The number of urea groups is 1. The zero-order valence-corrected chi connectivity index (χ0v) is 16.0. The van der Waals surface area contributed by atoms with Gasteiger partial charge in [0.2, 0.25) is 5.13 Å². The van der Waals surface area contributed by atoms with Gasteiger partial charge in [-0.1, -0.05) is 6.07 Å². The van der Waals surface area contributed by atoms with Crippen molar-refractivity contribution >= 4 is 28.7 Å². The van der Waals surface area contributed by atoms with Crippen LogP contribution < -0.4 is 5.32 Å². The molecule has 0 radical (unpaired) electrons. The highest BCUT2D eigenvalue weighted by molar-refractivity contribution is 7.09. The Kier molecular flexibility index (Phi) is 6.00. The monoisotopic (exact) mass is 392 g/mol. The maximum absolute atomic E-state index is 14.3. The van der Waals surface area contributed by atoms with Crippen LogP contribution >= 0.6 is 11.5 Å². The van der Waals surface area contributed by atoms with Crippen molar-refractivity contribution in [3.63, 3.8) is 0 Å². The van der Waals surface area contributed by atoms with E-state index in [9.17, 15) is 14.0 Å². The number of carbonyl (C=O) groups is 2. The Bertz CT molecular complexity index is 834. The summed E-state index contributed by atoms with van der Waals surface area (Å²) >= 11 is 1.16. The molecular formula is C18H21FN4O3S. The van der Waals surface area contributed by atoms with E-state index in [4.69, 9.17) is 0 Å². The predicted molar refractivity (Wildman–Crippen MR) is 99.4 cm³/mol. The van der Waals surface area contributed by atoms with Gasteiger partial charge in [0.25, 0.3) is 0 Å². The number of esters is 1. The third kappa shape index (κ3) is 4.79. The largest absolute Gasteiger partial charge is 0.465 e. The lowest BCUT2D eigenvalue weighted by Gasteiger charge is -2.31. The predicted octanol–water partition coefficient (Wildman–Crippen LogP) is 3.26. The van der Waals surface area contributed by atoms with E-state index < -0.39 is 11.8 Å². The van der Waals surface area contributed by atoms with Crippen molar-refractivity contribution in [3.05, 3.63) is 41.0 Å². The lowest BCUT2D eigenvalue weighted by atomic mass is 9.90. The van der Waals surface area contributed by atoms with Gasteiger partial charge in [0, 0.05) is 24.6 Å². The molecule has 1 aliphatic rings. The lowest BCUT2D eigenvalue weighted by Crippen LogP contribution is -2.41. The Balaban J connectivity index is 1.52. The fraction of sp³-hybridized carbons (Fsp3) is 0.444. The first-order chi connectivity index (χ1) is 13.0. The van der Waals surface area contributed by atoms with Gasteiger partial charge in [-0.25, -0.2) is 19.0 Å². The van der Waals surface area contributed by atoms with Crippen LogP contribution in [-0.4, -0.2) is 46.5 Å². The van der Waals surface area contributed by atoms with E-state index in [1.165, 1.54) is 13.2 Å². The van der Waals surface area contributed by atoms with Crippen LogP contribution in [0.25, 0.3) is 0 Å². The third-order valence-electron chi connectivity index (χ3n) is 4.63. The second-order valence-corrected chi connectivity index (χ2v) is 7.26. The van der Waals surface area contributed by atoms with E-state index in [-0.39, 0.29) is 17.5 Å². The van der Waals surface area contributed by atoms with Crippen molar-refractivity contribution in [1.82, 2.24) is 14.3 Å². The number of amides is 2. The molecule has 27 heavy (non-hydrogen) atoms. The zero-order chi connectivity index (χ0) is 19.4. The minimum Gasteiger partial charge on any atom is -0.465 e. The van der Waals surface area contributed by atoms with Gasteiger partial charge in [-0.05, 0) is 49.8 Å². The van der Waals surface area contributed by atoms with Crippen molar-refractivity contribution in [2.45, 2.75) is 26.2 Å². The van der Waals surface area contributed by atoms with Gasteiger partial charge in [0.1, 0.15) is 11.6 Å². The topological polar surface area (TPSA) is 84.4 Å². The second-order valence-electron chi connectivity index (χ2n) is 6.51. The summed E-state index contributed by atoms with van der Waals surface area (Å²) in [5.41, 5.74) is 0.784. The fourth-order valence-electron chi connectivity index (χ4n) is 3.13. The van der Waals surface area contributed by atoms with Crippen LogP contribution in [0.5, 0.6) is 0 Å². The Morgan fingerprint density at radius 2 is 2.11 bits per heavy atom. The number of anilines is 1. The van der Waals surface area contributed by atoms with E-state index >= 15 is 0 Å². The van der Waals surface area contributed by atoms with E-state index in [0.29, 0.717) is 36.0 Å². The number of aryl methyl sites for hydroxylation is 1. The number of ether oxygens (including phenoxy) is 1. The standard InChI is InChI=1S/C18H21FN4O3S/c1-11-20-17(27-22-11)21-18(25)23-7-5-12(6-8-23)9-13-3-4-14(10-15(13)19)16(24)26-2/h3-4,10,12H,5-9H2,1-2H3,(H,20,21,22,25). The van der Waals surface area contributed by atoms with E-state index in [2.05, 4.69) is 19.4 Å². The molecule has 144 valence electrons. The van der Waals surface area contributed by atoms with Gasteiger partial charge in [-0.15, -0.1) is 0 Å². The van der Waals surface area contributed by atoms with Gasteiger partial charge in [-0.2, -0.15) is 4.37 Å². The molecule has 1 saturated heterocycles. The van der Waals surface area contributed by atoms with Gasteiger partial charge >= 0.3 is 12.0 Å². The second kappa shape index (κ2) is 8.43. The van der Waals surface area contributed by atoms with Crippen LogP contribution in [0.1, 0.15) is 34.6 Å². The molecule has 2 aromatic rings. The normalized spacial score (nSPS) is 14.9. The van der Waals surface area contributed by atoms with Crippen LogP contribution in [-0.2, 0) is 11.2 Å². The molecule has 0 bridgehead atoms. The molecular weight excluding hydrogens is 371 g/mol. The highest BCUT2D eigenvalue weighted by Crippen LogP contribution is 2.24. The van der Waals surface area contributed by atoms with Crippen molar-refractivity contribution < 1.29 is 18.7 Å². The minimum absolute atomic E-state index is 0.182. The van der Waals surface area contributed by atoms with Crippen LogP contribution in [0.2, 0.25) is 0 Å². The molecule has 0 unspecified atom stereocenters. The first-order valence-electron chi connectivity index (χ1n) is 8.69. The summed E-state index contributed by atoms with van der Waals surface area (Å²) in [6.45, 7) is 2.99. The molecule has 0 atom stereocenters. The van der Waals surface area contributed by atoms with E-state index in [1.807, 2.05) is 0 Å². The molecule has 9 heteroatoms. The Morgan fingerprint density at radius 3 is 2.70 bits per heavy atom. The summed E-state index contributed by atoms with van der Waals surface area (Å²) in [5, 5.41) is 3.25. The Morgan fingerprint density at radius 1 is 1.37 bits per heavy atom. The molecule has 0 saturated carbocycles. The average Bonchev–Trinajstić information content (AvgIpc) is 3.08. The number of carbonyl (C=O) groups excluding carboxylic acids is 2. The first kappa shape index (κ1) is 19.2. The number of nitrogens with zero attached hydrogens (tertiary/aromatic N) is 3. The number of nitrogens with one attached hydrogen (secondary N) is 1. The summed E-state index contributed by atoms with van der Waals surface area (Å²) in [6, 6.07) is 4.25. The highest BCUT2D eigenvalue weighted by atomic mass is 32.1. The molecule has 0 spiro atoms. The minimum atomic E-state index is -0.551. The number of methoxy groups -OCH3 is 1. The maximum Gasteiger partial charge on any atom is 0.337 e. The van der Waals surface area contributed by atoms with Crippen molar-refractivity contribution in [3.8, 4) is 0 Å². The highest BCUT2D eigenvalue weighted by Gasteiger charge is 2.24. The van der Waals surface area contributed by atoms with Crippen LogP contribution in [0.4, 0.5) is 14.3 Å². The number of aromatic nitrogens is 2. The third-order valence-corrected chi connectivity index (χ3v) is 5.35. The SMILES string of the molecule is COC(=O)c1ccc(CC2CCN(C(=O)Nc3nc(C)ns3)CC2)c(F)c1. The molecule has 1 aromatic heterocycles. The number of piperidine rings is 1. The fourth-order valence-corrected chi connectivity index (χ4v) is 3.69. The molecule has 2 amide bonds. The molecule has 3 rings (SSSR count). The Labute approximate surface area is 160 Å². The first-order valence-corrected chi connectivity index (χ1v) is 9.46. The smallest absolute Gasteiger partial charge is 0.337 e. The number of hydrogen-bond acceptors (Lipinski definition) is 6. The summed E-state index contributed by atoms with van der Waals surface area (Å²) in [4.78, 5) is 29.6. The van der Waals surface area contributed by atoms with Crippen molar-refractivity contribution in [2.24, 2.45) is 5.92 Å². The van der Waals surface area contributed by atoms with Crippen LogP contribution in [0, 0.1) is 18.7 Å². The van der Waals surface area contributed by atoms with Crippen LogP contribution in [0.15, 0.2) is 18.2 Å². The average molecular weight is 392 g/mol. The quantitative estimate of drug-likeness (QED) is 0.808. The molecule has 1 aliphatic heterocycles. The molecule has 2 heterocycles. The van der Waals surface area contributed by atoms with E-state index in [1.54, 1.807) is 24.0 Å². The van der Waals surface area contributed by atoms with E-state index in [0.717, 1.165) is 24.4 Å².